The highest BCUT2D eigenvalue weighted by molar-refractivity contribution is 5.90. The van der Waals surface area contributed by atoms with Crippen LogP contribution in [0.3, 0.4) is 0 Å². The van der Waals surface area contributed by atoms with Gasteiger partial charge in [0.1, 0.15) is 6.34 Å². The first-order chi connectivity index (χ1) is 8.22. The number of hydrogen-bond acceptors (Lipinski definition) is 2. The number of hydrogen-bond donors (Lipinski definition) is 0. The summed E-state index contributed by atoms with van der Waals surface area (Å²) in [5.74, 6) is 0.539. The van der Waals surface area contributed by atoms with E-state index < -0.39 is 0 Å². The maximum Gasteiger partial charge on any atom is 0.137 e. The van der Waals surface area contributed by atoms with Gasteiger partial charge < -0.3 is 0 Å². The summed E-state index contributed by atoms with van der Waals surface area (Å²) < 4.78 is 0. The van der Waals surface area contributed by atoms with Crippen molar-refractivity contribution >= 4 is 18.8 Å². The minimum Gasteiger partial charge on any atom is -0.244 e. The summed E-state index contributed by atoms with van der Waals surface area (Å²) in [6.07, 6.45) is 10.8. The average molecular weight is 237 g/mol. The zero-order valence-electron chi connectivity index (χ0n) is 11.7. The summed E-state index contributed by atoms with van der Waals surface area (Å²) in [6.45, 7) is 9.80. The van der Waals surface area contributed by atoms with E-state index >= 15 is 0 Å². The number of rotatable bonds is 10. The molecular weight excluding hydrogens is 210 g/mol. The largest absolute Gasteiger partial charge is 0.244 e. The molecule has 0 amide bonds. The molecule has 0 N–H and O–H groups in total. The second-order valence-corrected chi connectivity index (χ2v) is 4.60. The Labute approximate surface area is 106 Å². The van der Waals surface area contributed by atoms with Crippen molar-refractivity contribution in [1.29, 1.82) is 0 Å². The van der Waals surface area contributed by atoms with Gasteiger partial charge >= 0.3 is 0 Å². The van der Waals surface area contributed by atoms with Gasteiger partial charge in [-0.05, 0) is 19.3 Å². The van der Waals surface area contributed by atoms with Crippen LogP contribution in [0.15, 0.2) is 15.2 Å². The van der Waals surface area contributed by atoms with E-state index in [0.717, 1.165) is 5.71 Å². The molecule has 0 aromatic heterocycles. The molecule has 0 aliphatic heterocycles. The fraction of sp³-hybridized carbons (Fsp3) is 0.786. The van der Waals surface area contributed by atoms with Crippen molar-refractivity contribution in [2.75, 3.05) is 0 Å². The van der Waals surface area contributed by atoms with E-state index in [-0.39, 0.29) is 0 Å². The molecule has 98 valence electrons. The van der Waals surface area contributed by atoms with Gasteiger partial charge in [-0.2, -0.15) is 5.10 Å². The van der Waals surface area contributed by atoms with Gasteiger partial charge in [0.2, 0.25) is 0 Å². The molecule has 0 aliphatic carbocycles. The Morgan fingerprint density at radius 2 is 1.82 bits per heavy atom. The molecular formula is C14H27N3. The molecule has 0 aromatic carbocycles. The van der Waals surface area contributed by atoms with Crippen LogP contribution in [-0.4, -0.2) is 18.8 Å². The van der Waals surface area contributed by atoms with Crippen LogP contribution in [0.5, 0.6) is 0 Å². The predicted octanol–water partition coefficient (Wildman–Crippen LogP) is 4.48. The third kappa shape index (κ3) is 9.91. The molecule has 0 bridgehead atoms. The summed E-state index contributed by atoms with van der Waals surface area (Å²) in [7, 11) is 0. The van der Waals surface area contributed by atoms with Gasteiger partial charge in [0.15, 0.2) is 0 Å². The molecule has 1 atom stereocenters. The zero-order chi connectivity index (χ0) is 12.9. The topological polar surface area (TPSA) is 37.1 Å². The summed E-state index contributed by atoms with van der Waals surface area (Å²) in [6, 6.07) is 0. The Morgan fingerprint density at radius 3 is 2.47 bits per heavy atom. The Balaban J connectivity index is 3.63. The lowest BCUT2D eigenvalue weighted by Gasteiger charge is -2.09. The molecule has 0 aliphatic rings. The van der Waals surface area contributed by atoms with E-state index in [4.69, 9.17) is 0 Å². The molecule has 0 radical (unpaired) electrons. The summed E-state index contributed by atoms with van der Waals surface area (Å²) >= 11 is 0. The number of nitrogens with zero attached hydrogens (tertiary/aromatic N) is 3. The van der Waals surface area contributed by atoms with Crippen LogP contribution in [-0.2, 0) is 0 Å². The van der Waals surface area contributed by atoms with E-state index in [1.54, 1.807) is 0 Å². The van der Waals surface area contributed by atoms with Gasteiger partial charge in [-0.1, -0.05) is 52.4 Å². The van der Waals surface area contributed by atoms with Crippen LogP contribution in [0.25, 0.3) is 0 Å². The third-order valence-corrected chi connectivity index (χ3v) is 3.10. The second-order valence-electron chi connectivity index (χ2n) is 4.60. The van der Waals surface area contributed by atoms with Crippen LogP contribution in [0.4, 0.5) is 0 Å². The highest BCUT2D eigenvalue weighted by atomic mass is 15.2. The van der Waals surface area contributed by atoms with Crippen molar-refractivity contribution in [2.45, 2.75) is 65.7 Å². The van der Waals surface area contributed by atoms with E-state index in [9.17, 15) is 0 Å². The standard InChI is InChI=1S/C14H27N3/c1-5-6-7-8-9-10-11-13(2)14(3)16-12-17-15-4/h12-13H,4-11H2,1-3H3/b16-14?,17-12-. The first-order valence-corrected chi connectivity index (χ1v) is 6.74. The monoisotopic (exact) mass is 237 g/mol. The quantitative estimate of drug-likeness (QED) is 0.232. The number of aliphatic imine (C=N–C) groups is 1. The smallest absolute Gasteiger partial charge is 0.137 e. The van der Waals surface area contributed by atoms with Gasteiger partial charge in [0.25, 0.3) is 0 Å². The molecule has 0 saturated carbocycles. The first kappa shape index (κ1) is 16.0. The van der Waals surface area contributed by atoms with Crippen molar-refractivity contribution in [1.82, 2.24) is 0 Å². The Kier molecular flexibility index (Phi) is 10.8. The molecule has 0 rings (SSSR count). The minimum absolute atomic E-state index is 0.539. The molecule has 0 fully saturated rings. The van der Waals surface area contributed by atoms with Gasteiger partial charge in [-0.25, -0.2) is 4.99 Å². The predicted molar refractivity (Wildman–Crippen MR) is 78.3 cm³/mol. The van der Waals surface area contributed by atoms with Crippen molar-refractivity contribution in [3.8, 4) is 0 Å². The fourth-order valence-electron chi connectivity index (χ4n) is 1.72. The second kappa shape index (κ2) is 11.5. The Morgan fingerprint density at radius 1 is 1.18 bits per heavy atom. The molecule has 1 unspecified atom stereocenters. The van der Waals surface area contributed by atoms with Crippen LogP contribution in [0.2, 0.25) is 0 Å². The number of unbranched alkanes of at least 4 members (excludes halogenated alkanes) is 5. The SMILES string of the molecule is C=N/N=C\N=C(C)C(C)CCCCCCCC. The molecule has 0 heterocycles. The van der Waals surface area contributed by atoms with Gasteiger partial charge in [0, 0.05) is 12.4 Å². The lowest BCUT2D eigenvalue weighted by Crippen LogP contribution is -2.07. The molecule has 0 aromatic rings. The van der Waals surface area contributed by atoms with E-state index in [0.29, 0.717) is 5.92 Å². The maximum absolute atomic E-state index is 4.23. The first-order valence-electron chi connectivity index (χ1n) is 6.74. The van der Waals surface area contributed by atoms with Gasteiger partial charge in [0.05, 0.1) is 0 Å². The highest BCUT2D eigenvalue weighted by Gasteiger charge is 2.04. The maximum atomic E-state index is 4.23. The molecule has 3 nitrogen and oxygen atoms in total. The van der Waals surface area contributed by atoms with Crippen LogP contribution in [0.1, 0.15) is 65.7 Å². The Bertz CT molecular complexity index is 244. The van der Waals surface area contributed by atoms with Crippen molar-refractivity contribution in [3.63, 3.8) is 0 Å². The lowest BCUT2D eigenvalue weighted by atomic mass is 9.98. The van der Waals surface area contributed by atoms with Gasteiger partial charge in [-0.15, -0.1) is 5.10 Å². The van der Waals surface area contributed by atoms with Crippen molar-refractivity contribution < 1.29 is 0 Å². The average Bonchev–Trinajstić information content (AvgIpc) is 2.33. The van der Waals surface area contributed by atoms with E-state index in [1.165, 1.54) is 51.3 Å². The third-order valence-electron chi connectivity index (χ3n) is 3.10. The van der Waals surface area contributed by atoms with Crippen molar-refractivity contribution in [2.24, 2.45) is 21.1 Å². The molecule has 0 saturated heterocycles. The zero-order valence-corrected chi connectivity index (χ0v) is 11.7. The van der Waals surface area contributed by atoms with Crippen LogP contribution in [0, 0.1) is 5.92 Å². The fourth-order valence-corrected chi connectivity index (χ4v) is 1.72. The normalized spacial score (nSPS) is 14.2. The van der Waals surface area contributed by atoms with E-state index in [1.807, 2.05) is 0 Å². The molecule has 17 heavy (non-hydrogen) atoms. The van der Waals surface area contributed by atoms with Crippen LogP contribution >= 0.6 is 0 Å². The molecule has 0 spiro atoms. The molecule has 3 heteroatoms. The van der Waals surface area contributed by atoms with Gasteiger partial charge in [-0.3, -0.25) is 0 Å². The highest BCUT2D eigenvalue weighted by Crippen LogP contribution is 2.13. The minimum atomic E-state index is 0.539. The summed E-state index contributed by atoms with van der Waals surface area (Å²) in [5.41, 5.74) is 1.13. The van der Waals surface area contributed by atoms with Crippen molar-refractivity contribution in [3.05, 3.63) is 0 Å². The lowest BCUT2D eigenvalue weighted by molar-refractivity contribution is 0.555. The van der Waals surface area contributed by atoms with Crippen LogP contribution < -0.4 is 0 Å². The Hall–Kier alpha value is -0.990. The summed E-state index contributed by atoms with van der Waals surface area (Å²) in [4.78, 5) is 4.23. The van der Waals surface area contributed by atoms with E-state index in [2.05, 4.69) is 42.7 Å². The summed E-state index contributed by atoms with van der Waals surface area (Å²) in [5, 5.41) is 7.01.